The maximum absolute atomic E-state index is 12.4. The van der Waals surface area contributed by atoms with Crippen LogP contribution >= 0.6 is 11.3 Å². The fraction of sp³-hybridized carbons (Fsp3) is 0.333. The van der Waals surface area contributed by atoms with Crippen LogP contribution in [0.2, 0.25) is 0 Å². The molecule has 0 atom stereocenters. The normalized spacial score (nSPS) is 12.4. The smallest absolute Gasteiger partial charge is 0.253 e. The van der Waals surface area contributed by atoms with E-state index in [2.05, 4.69) is 14.9 Å². The second kappa shape index (κ2) is 4.90. The molecule has 5 nitrogen and oxygen atoms in total. The third-order valence-electron chi connectivity index (χ3n) is 2.57. The lowest BCUT2D eigenvalue weighted by atomic mass is 9.87. The standard InChI is InChI=1S/C12H15N3O2S2/c1-12(2,3)9-6-4-5-7-10(9)19(16,17)15-11-14-13-8-18-11/h4-8H,1-3H3,(H,14,15). The van der Waals surface area contributed by atoms with Crippen molar-refractivity contribution in [2.75, 3.05) is 4.72 Å². The van der Waals surface area contributed by atoms with Crippen molar-refractivity contribution in [1.29, 1.82) is 0 Å². The summed E-state index contributed by atoms with van der Waals surface area (Å²) in [6.45, 7) is 5.94. The Morgan fingerprint density at radius 1 is 1.21 bits per heavy atom. The van der Waals surface area contributed by atoms with E-state index in [9.17, 15) is 8.42 Å². The van der Waals surface area contributed by atoms with E-state index in [1.807, 2.05) is 32.9 Å². The number of hydrogen-bond donors (Lipinski definition) is 1. The number of nitrogens with one attached hydrogen (secondary N) is 1. The predicted molar refractivity (Wildman–Crippen MR) is 75.9 cm³/mol. The van der Waals surface area contributed by atoms with E-state index in [0.717, 1.165) is 16.9 Å². The molecule has 19 heavy (non-hydrogen) atoms. The number of benzene rings is 1. The van der Waals surface area contributed by atoms with Crippen LogP contribution in [0.3, 0.4) is 0 Å². The Kier molecular flexibility index (Phi) is 3.60. The largest absolute Gasteiger partial charge is 0.264 e. The summed E-state index contributed by atoms with van der Waals surface area (Å²) in [5.74, 6) is 0. The van der Waals surface area contributed by atoms with Crippen LogP contribution in [0.25, 0.3) is 0 Å². The zero-order valence-corrected chi connectivity index (χ0v) is 12.5. The van der Waals surface area contributed by atoms with Crippen LogP contribution in [-0.2, 0) is 15.4 Å². The highest BCUT2D eigenvalue weighted by atomic mass is 32.2. The molecule has 2 rings (SSSR count). The molecule has 0 amide bonds. The number of sulfonamides is 1. The lowest BCUT2D eigenvalue weighted by Crippen LogP contribution is -2.20. The Morgan fingerprint density at radius 3 is 2.47 bits per heavy atom. The maximum atomic E-state index is 12.4. The molecule has 0 aliphatic carbocycles. The van der Waals surface area contributed by atoms with Crippen LogP contribution in [-0.4, -0.2) is 18.6 Å². The van der Waals surface area contributed by atoms with Gasteiger partial charge in [0.1, 0.15) is 5.51 Å². The van der Waals surface area contributed by atoms with Gasteiger partial charge in [0.15, 0.2) is 0 Å². The highest BCUT2D eigenvalue weighted by Gasteiger charge is 2.25. The maximum Gasteiger partial charge on any atom is 0.264 e. The van der Waals surface area contributed by atoms with Gasteiger partial charge in [-0.25, -0.2) is 8.42 Å². The third-order valence-corrected chi connectivity index (χ3v) is 4.70. The first-order valence-electron chi connectivity index (χ1n) is 5.69. The monoisotopic (exact) mass is 297 g/mol. The summed E-state index contributed by atoms with van der Waals surface area (Å²) in [5, 5.41) is 7.58. The summed E-state index contributed by atoms with van der Waals surface area (Å²) < 4.78 is 27.2. The Morgan fingerprint density at radius 2 is 1.89 bits per heavy atom. The summed E-state index contributed by atoms with van der Waals surface area (Å²) in [6, 6.07) is 6.98. The second-order valence-electron chi connectivity index (χ2n) is 5.10. The lowest BCUT2D eigenvalue weighted by molar-refractivity contribution is 0.563. The van der Waals surface area contributed by atoms with E-state index in [-0.39, 0.29) is 15.4 Å². The first-order chi connectivity index (χ1) is 8.81. The Hall–Kier alpha value is -1.47. The highest BCUT2D eigenvalue weighted by molar-refractivity contribution is 7.93. The molecule has 1 aromatic heterocycles. The summed E-state index contributed by atoms with van der Waals surface area (Å²) in [5.41, 5.74) is 1.99. The number of anilines is 1. The number of nitrogens with zero attached hydrogens (tertiary/aromatic N) is 2. The third kappa shape index (κ3) is 3.10. The van der Waals surface area contributed by atoms with Crippen molar-refractivity contribution >= 4 is 26.5 Å². The van der Waals surface area contributed by atoms with E-state index in [0.29, 0.717) is 0 Å². The molecule has 0 unspecified atom stereocenters. The van der Waals surface area contributed by atoms with Crippen molar-refractivity contribution in [3.8, 4) is 0 Å². The molecule has 0 saturated heterocycles. The highest BCUT2D eigenvalue weighted by Crippen LogP contribution is 2.29. The molecule has 0 spiro atoms. The minimum atomic E-state index is -3.64. The summed E-state index contributed by atoms with van der Waals surface area (Å²) in [4.78, 5) is 0.276. The van der Waals surface area contributed by atoms with Crippen LogP contribution < -0.4 is 4.72 Å². The van der Waals surface area contributed by atoms with Crippen LogP contribution in [0.15, 0.2) is 34.7 Å². The van der Waals surface area contributed by atoms with E-state index in [4.69, 9.17) is 0 Å². The number of hydrogen-bond acceptors (Lipinski definition) is 5. The van der Waals surface area contributed by atoms with Gasteiger partial charge in [0.2, 0.25) is 5.13 Å². The van der Waals surface area contributed by atoms with Gasteiger partial charge in [0.05, 0.1) is 4.90 Å². The predicted octanol–water partition coefficient (Wildman–Crippen LogP) is 2.64. The summed E-state index contributed by atoms with van der Waals surface area (Å²) >= 11 is 1.15. The van der Waals surface area contributed by atoms with Gasteiger partial charge in [-0.1, -0.05) is 50.3 Å². The Balaban J connectivity index is 2.47. The van der Waals surface area contributed by atoms with Crippen molar-refractivity contribution in [1.82, 2.24) is 10.2 Å². The molecule has 0 bridgehead atoms. The molecule has 1 N–H and O–H groups in total. The van der Waals surface area contributed by atoms with Crippen molar-refractivity contribution in [3.63, 3.8) is 0 Å². The van der Waals surface area contributed by atoms with Crippen LogP contribution in [0.5, 0.6) is 0 Å². The van der Waals surface area contributed by atoms with Gasteiger partial charge >= 0.3 is 0 Å². The Labute approximate surface area is 116 Å². The molecule has 1 aromatic carbocycles. The molecule has 0 fully saturated rings. The number of rotatable bonds is 3. The Bertz CT molecular complexity index is 659. The van der Waals surface area contributed by atoms with Crippen LogP contribution in [0.1, 0.15) is 26.3 Å². The topological polar surface area (TPSA) is 72.0 Å². The van der Waals surface area contributed by atoms with Crippen molar-refractivity contribution in [2.45, 2.75) is 31.1 Å². The average Bonchev–Trinajstić information content (AvgIpc) is 2.80. The van der Waals surface area contributed by atoms with Crippen molar-refractivity contribution in [2.24, 2.45) is 0 Å². The zero-order chi connectivity index (χ0) is 14.1. The van der Waals surface area contributed by atoms with E-state index < -0.39 is 10.0 Å². The molecule has 2 aromatic rings. The van der Waals surface area contributed by atoms with Gasteiger partial charge < -0.3 is 0 Å². The first kappa shape index (κ1) is 14.0. The molecule has 7 heteroatoms. The average molecular weight is 297 g/mol. The number of aromatic nitrogens is 2. The van der Waals surface area contributed by atoms with Gasteiger partial charge in [-0.15, -0.1) is 10.2 Å². The van der Waals surface area contributed by atoms with E-state index in [1.165, 1.54) is 5.51 Å². The van der Waals surface area contributed by atoms with Gasteiger partial charge in [0.25, 0.3) is 10.0 Å². The van der Waals surface area contributed by atoms with Gasteiger partial charge in [-0.3, -0.25) is 4.72 Å². The quantitative estimate of drug-likeness (QED) is 0.945. The van der Waals surface area contributed by atoms with Crippen molar-refractivity contribution in [3.05, 3.63) is 35.3 Å². The second-order valence-corrected chi connectivity index (χ2v) is 7.58. The molecule has 102 valence electrons. The van der Waals surface area contributed by atoms with Crippen molar-refractivity contribution < 1.29 is 8.42 Å². The molecule has 0 aliphatic rings. The van der Waals surface area contributed by atoms with E-state index >= 15 is 0 Å². The molecule has 0 saturated carbocycles. The van der Waals surface area contributed by atoms with Crippen LogP contribution in [0, 0.1) is 0 Å². The van der Waals surface area contributed by atoms with Gasteiger partial charge in [0, 0.05) is 0 Å². The first-order valence-corrected chi connectivity index (χ1v) is 8.05. The minimum absolute atomic E-state index is 0.257. The van der Waals surface area contributed by atoms with Crippen LogP contribution in [0.4, 0.5) is 5.13 Å². The molecular weight excluding hydrogens is 282 g/mol. The van der Waals surface area contributed by atoms with Gasteiger partial charge in [-0.2, -0.15) is 0 Å². The lowest BCUT2D eigenvalue weighted by Gasteiger charge is -2.22. The fourth-order valence-corrected chi connectivity index (χ4v) is 3.82. The minimum Gasteiger partial charge on any atom is -0.253 e. The summed E-state index contributed by atoms with van der Waals surface area (Å²) in [6.07, 6.45) is 0. The van der Waals surface area contributed by atoms with Gasteiger partial charge in [-0.05, 0) is 17.0 Å². The zero-order valence-electron chi connectivity index (χ0n) is 10.9. The fourth-order valence-electron chi connectivity index (χ4n) is 1.71. The molecule has 0 radical (unpaired) electrons. The molecular formula is C12H15N3O2S2. The molecule has 1 heterocycles. The summed E-state index contributed by atoms with van der Waals surface area (Å²) in [7, 11) is -3.64. The SMILES string of the molecule is CC(C)(C)c1ccccc1S(=O)(=O)Nc1nncs1. The van der Waals surface area contributed by atoms with E-state index in [1.54, 1.807) is 12.1 Å². The molecule has 0 aliphatic heterocycles.